The van der Waals surface area contributed by atoms with Crippen molar-refractivity contribution in [3.8, 4) is 0 Å². The standard InChI is InChI=1S/C20H27N5O4S/c1-15-8-7-11-18(22-15)23-20(27)14-25(4)13-19(26)21-12-16-9-5-6-10-17(16)30(28,29)24(2)3/h5-11H,12-14H2,1-4H3,(H,21,26)(H,22,23,27). The molecule has 1 aromatic carbocycles. The highest BCUT2D eigenvalue weighted by Gasteiger charge is 2.21. The van der Waals surface area contributed by atoms with Crippen molar-refractivity contribution in [1.29, 1.82) is 0 Å². The average Bonchev–Trinajstić information content (AvgIpc) is 2.66. The van der Waals surface area contributed by atoms with Crippen LogP contribution in [-0.2, 0) is 26.2 Å². The highest BCUT2D eigenvalue weighted by Crippen LogP contribution is 2.18. The molecule has 0 aliphatic rings. The van der Waals surface area contributed by atoms with Gasteiger partial charge in [-0.25, -0.2) is 17.7 Å². The zero-order chi connectivity index (χ0) is 22.3. The summed E-state index contributed by atoms with van der Waals surface area (Å²) in [5.41, 5.74) is 1.28. The van der Waals surface area contributed by atoms with E-state index < -0.39 is 10.0 Å². The molecule has 0 atom stereocenters. The Labute approximate surface area is 177 Å². The van der Waals surface area contributed by atoms with Crippen molar-refractivity contribution in [2.45, 2.75) is 18.4 Å². The topological polar surface area (TPSA) is 112 Å². The molecule has 0 fully saturated rings. The summed E-state index contributed by atoms with van der Waals surface area (Å²) in [6.45, 7) is 1.88. The van der Waals surface area contributed by atoms with Crippen molar-refractivity contribution in [3.63, 3.8) is 0 Å². The van der Waals surface area contributed by atoms with Gasteiger partial charge < -0.3 is 10.6 Å². The molecule has 30 heavy (non-hydrogen) atoms. The maximum Gasteiger partial charge on any atom is 0.242 e. The SMILES string of the molecule is Cc1cccc(NC(=O)CN(C)CC(=O)NCc2ccccc2S(=O)(=O)N(C)C)n1. The summed E-state index contributed by atoms with van der Waals surface area (Å²) < 4.78 is 26.0. The second-order valence-corrected chi connectivity index (χ2v) is 9.18. The van der Waals surface area contributed by atoms with Gasteiger partial charge >= 0.3 is 0 Å². The Kier molecular flexibility index (Phi) is 8.04. The summed E-state index contributed by atoms with van der Waals surface area (Å²) in [5.74, 6) is -0.154. The van der Waals surface area contributed by atoms with Gasteiger partial charge in [0, 0.05) is 26.3 Å². The van der Waals surface area contributed by atoms with Crippen LogP contribution < -0.4 is 10.6 Å². The average molecular weight is 434 g/mol. The first kappa shape index (κ1) is 23.5. The number of benzene rings is 1. The molecular formula is C20H27N5O4S. The number of pyridine rings is 1. The zero-order valence-corrected chi connectivity index (χ0v) is 18.4. The molecule has 2 N–H and O–H groups in total. The first-order chi connectivity index (χ1) is 14.1. The smallest absolute Gasteiger partial charge is 0.242 e. The first-order valence-electron chi connectivity index (χ1n) is 9.29. The maximum absolute atomic E-state index is 12.4. The Hall–Kier alpha value is -2.82. The molecule has 0 bridgehead atoms. The fourth-order valence-corrected chi connectivity index (χ4v) is 3.80. The number of aryl methyl sites for hydroxylation is 1. The second-order valence-electron chi connectivity index (χ2n) is 7.06. The lowest BCUT2D eigenvalue weighted by Crippen LogP contribution is -2.39. The lowest BCUT2D eigenvalue weighted by molar-refractivity contribution is -0.123. The molecule has 0 aliphatic heterocycles. The Bertz CT molecular complexity index is 1010. The predicted molar refractivity (Wildman–Crippen MR) is 114 cm³/mol. The van der Waals surface area contributed by atoms with Gasteiger partial charge in [-0.3, -0.25) is 14.5 Å². The number of carbonyl (C=O) groups is 2. The van der Waals surface area contributed by atoms with E-state index in [1.807, 2.05) is 13.0 Å². The van der Waals surface area contributed by atoms with Crippen LogP contribution in [0.2, 0.25) is 0 Å². The van der Waals surface area contributed by atoms with Gasteiger partial charge in [0.05, 0.1) is 18.0 Å². The summed E-state index contributed by atoms with van der Waals surface area (Å²) in [5, 5.41) is 5.39. The normalized spacial score (nSPS) is 11.5. The van der Waals surface area contributed by atoms with Gasteiger partial charge in [-0.2, -0.15) is 0 Å². The van der Waals surface area contributed by atoms with Gasteiger partial charge in [0.25, 0.3) is 0 Å². The quantitative estimate of drug-likeness (QED) is 0.606. The summed E-state index contributed by atoms with van der Waals surface area (Å²) >= 11 is 0. The lowest BCUT2D eigenvalue weighted by atomic mass is 10.2. The Morgan fingerprint density at radius 1 is 0.967 bits per heavy atom. The molecule has 0 radical (unpaired) electrons. The van der Waals surface area contributed by atoms with Crippen molar-refractivity contribution in [2.75, 3.05) is 39.5 Å². The first-order valence-corrected chi connectivity index (χ1v) is 10.7. The van der Waals surface area contributed by atoms with E-state index >= 15 is 0 Å². The molecule has 2 aromatic rings. The van der Waals surface area contributed by atoms with Crippen LogP contribution in [-0.4, -0.2) is 68.7 Å². The van der Waals surface area contributed by atoms with Crippen LogP contribution in [0.4, 0.5) is 5.82 Å². The number of hydrogen-bond acceptors (Lipinski definition) is 6. The van der Waals surface area contributed by atoms with Crippen molar-refractivity contribution in [1.82, 2.24) is 19.5 Å². The maximum atomic E-state index is 12.4. The number of amides is 2. The third-order valence-corrected chi connectivity index (χ3v) is 6.11. The number of rotatable bonds is 9. The van der Waals surface area contributed by atoms with E-state index in [0.717, 1.165) is 10.00 Å². The van der Waals surface area contributed by atoms with E-state index in [9.17, 15) is 18.0 Å². The molecule has 0 aliphatic carbocycles. The number of nitrogens with one attached hydrogen (secondary N) is 2. The molecule has 9 nitrogen and oxygen atoms in total. The van der Waals surface area contributed by atoms with Crippen LogP contribution in [0, 0.1) is 6.92 Å². The van der Waals surface area contributed by atoms with E-state index in [2.05, 4.69) is 15.6 Å². The molecule has 1 aromatic heterocycles. The van der Waals surface area contributed by atoms with Crippen LogP contribution in [0.5, 0.6) is 0 Å². The Morgan fingerprint density at radius 3 is 2.30 bits per heavy atom. The second kappa shape index (κ2) is 10.3. The Balaban J connectivity index is 1.88. The van der Waals surface area contributed by atoms with Crippen LogP contribution in [0.15, 0.2) is 47.4 Å². The number of nitrogens with zero attached hydrogens (tertiary/aromatic N) is 3. The number of likely N-dealkylation sites (N-methyl/N-ethyl adjacent to an activating group) is 1. The minimum absolute atomic E-state index is 0.00857. The summed E-state index contributed by atoms with van der Waals surface area (Å²) in [6, 6.07) is 11.8. The molecule has 2 rings (SSSR count). The van der Waals surface area contributed by atoms with Crippen molar-refractivity contribution in [3.05, 3.63) is 53.7 Å². The molecule has 0 saturated heterocycles. The monoisotopic (exact) mass is 433 g/mol. The number of carbonyl (C=O) groups excluding carboxylic acids is 2. The minimum atomic E-state index is -3.61. The van der Waals surface area contributed by atoms with E-state index in [1.165, 1.54) is 20.2 Å². The number of anilines is 1. The van der Waals surface area contributed by atoms with Gasteiger partial charge in [0.2, 0.25) is 21.8 Å². The third kappa shape index (κ3) is 6.61. The van der Waals surface area contributed by atoms with E-state index in [-0.39, 0.29) is 36.3 Å². The molecule has 1 heterocycles. The number of hydrogen-bond donors (Lipinski definition) is 2. The highest BCUT2D eigenvalue weighted by atomic mass is 32.2. The molecule has 0 unspecified atom stereocenters. The number of aromatic nitrogens is 1. The fourth-order valence-electron chi connectivity index (χ4n) is 2.69. The van der Waals surface area contributed by atoms with Crippen LogP contribution in [0.1, 0.15) is 11.3 Å². The van der Waals surface area contributed by atoms with Crippen LogP contribution >= 0.6 is 0 Å². The van der Waals surface area contributed by atoms with Crippen LogP contribution in [0.3, 0.4) is 0 Å². The lowest BCUT2D eigenvalue weighted by Gasteiger charge is -2.17. The van der Waals surface area contributed by atoms with Crippen molar-refractivity contribution >= 4 is 27.7 Å². The zero-order valence-electron chi connectivity index (χ0n) is 17.5. The molecular weight excluding hydrogens is 406 g/mol. The van der Waals surface area contributed by atoms with Gasteiger partial charge in [0.1, 0.15) is 5.82 Å². The third-order valence-electron chi connectivity index (χ3n) is 4.19. The van der Waals surface area contributed by atoms with E-state index in [0.29, 0.717) is 11.4 Å². The van der Waals surface area contributed by atoms with Crippen molar-refractivity contribution in [2.24, 2.45) is 0 Å². The highest BCUT2D eigenvalue weighted by molar-refractivity contribution is 7.89. The largest absolute Gasteiger partial charge is 0.351 e. The van der Waals surface area contributed by atoms with Crippen LogP contribution in [0.25, 0.3) is 0 Å². The molecule has 0 spiro atoms. The van der Waals surface area contributed by atoms with Gasteiger partial charge in [0.15, 0.2) is 0 Å². The van der Waals surface area contributed by atoms with Crippen molar-refractivity contribution < 1.29 is 18.0 Å². The summed E-state index contributed by atoms with van der Waals surface area (Å²) in [6.07, 6.45) is 0. The molecule has 2 amide bonds. The van der Waals surface area contributed by atoms with Gasteiger partial charge in [-0.05, 0) is 37.7 Å². The minimum Gasteiger partial charge on any atom is -0.351 e. The molecule has 10 heteroatoms. The van der Waals surface area contributed by atoms with Gasteiger partial charge in [-0.15, -0.1) is 0 Å². The summed E-state index contributed by atoms with van der Waals surface area (Å²) in [4.78, 5) is 30.3. The molecule has 0 saturated carbocycles. The Morgan fingerprint density at radius 2 is 1.63 bits per heavy atom. The predicted octanol–water partition coefficient (Wildman–Crippen LogP) is 0.827. The van der Waals surface area contributed by atoms with E-state index in [1.54, 1.807) is 42.3 Å². The fraction of sp³-hybridized carbons (Fsp3) is 0.350. The van der Waals surface area contributed by atoms with E-state index in [4.69, 9.17) is 0 Å². The van der Waals surface area contributed by atoms with Gasteiger partial charge in [-0.1, -0.05) is 24.3 Å². The summed E-state index contributed by atoms with van der Waals surface area (Å²) in [7, 11) is 0.942. The molecule has 162 valence electrons. The number of sulfonamides is 1.